The van der Waals surface area contributed by atoms with Gasteiger partial charge in [0.2, 0.25) is 5.89 Å². The van der Waals surface area contributed by atoms with E-state index in [1.54, 1.807) is 6.26 Å². The predicted octanol–water partition coefficient (Wildman–Crippen LogP) is 1.38. The molecule has 1 aromatic rings. The van der Waals surface area contributed by atoms with Crippen molar-refractivity contribution < 1.29 is 4.42 Å². The molecule has 1 aliphatic heterocycles. The zero-order valence-electron chi connectivity index (χ0n) is 9.20. The predicted molar refractivity (Wildman–Crippen MR) is 58.5 cm³/mol. The Morgan fingerprint density at radius 1 is 1.67 bits per heavy atom. The summed E-state index contributed by atoms with van der Waals surface area (Å²) < 4.78 is 5.48. The lowest BCUT2D eigenvalue weighted by Gasteiger charge is -2.20. The standard InChI is InChI=1S/C11H19N3O/c1-8(12)6-9-7-15-11(14-9)10-4-2-3-5-13-10/h7-8,10,13H,2-6,12H2,1H3. The molecule has 2 heterocycles. The molecular formula is C11H19N3O. The maximum atomic E-state index is 5.71. The number of hydrogen-bond donors (Lipinski definition) is 2. The average Bonchev–Trinajstić information content (AvgIpc) is 2.67. The summed E-state index contributed by atoms with van der Waals surface area (Å²) in [5.41, 5.74) is 6.68. The third-order valence-corrected chi connectivity index (χ3v) is 2.71. The Labute approximate surface area is 90.2 Å². The van der Waals surface area contributed by atoms with Gasteiger partial charge in [-0.1, -0.05) is 6.42 Å². The van der Waals surface area contributed by atoms with Crippen LogP contribution in [-0.2, 0) is 6.42 Å². The molecule has 4 heteroatoms. The van der Waals surface area contributed by atoms with Crippen molar-refractivity contribution in [3.05, 3.63) is 17.8 Å². The zero-order valence-corrected chi connectivity index (χ0v) is 9.20. The Balaban J connectivity index is 1.99. The molecule has 1 fully saturated rings. The first kappa shape index (κ1) is 10.6. The minimum atomic E-state index is 0.141. The van der Waals surface area contributed by atoms with Crippen molar-refractivity contribution in [2.45, 2.75) is 44.7 Å². The van der Waals surface area contributed by atoms with Crippen LogP contribution in [0.15, 0.2) is 10.7 Å². The summed E-state index contributed by atoms with van der Waals surface area (Å²) in [6.07, 6.45) is 6.15. The van der Waals surface area contributed by atoms with Crippen LogP contribution in [0.2, 0.25) is 0 Å². The first-order chi connectivity index (χ1) is 7.25. The number of aromatic nitrogens is 1. The Bertz CT molecular complexity index is 303. The number of oxazole rings is 1. The number of piperidine rings is 1. The minimum Gasteiger partial charge on any atom is -0.447 e. The van der Waals surface area contributed by atoms with E-state index in [0.29, 0.717) is 6.04 Å². The lowest BCUT2D eigenvalue weighted by Crippen LogP contribution is -2.27. The molecule has 0 spiro atoms. The van der Waals surface area contributed by atoms with E-state index in [9.17, 15) is 0 Å². The monoisotopic (exact) mass is 209 g/mol. The van der Waals surface area contributed by atoms with Gasteiger partial charge in [0.25, 0.3) is 0 Å². The summed E-state index contributed by atoms with van der Waals surface area (Å²) in [6.45, 7) is 3.04. The van der Waals surface area contributed by atoms with Crippen molar-refractivity contribution in [1.82, 2.24) is 10.3 Å². The van der Waals surface area contributed by atoms with Crippen LogP contribution in [0.5, 0.6) is 0 Å². The first-order valence-electron chi connectivity index (χ1n) is 5.69. The Morgan fingerprint density at radius 2 is 2.53 bits per heavy atom. The van der Waals surface area contributed by atoms with Crippen molar-refractivity contribution >= 4 is 0 Å². The Kier molecular flexibility index (Phi) is 3.38. The SMILES string of the molecule is CC(N)Cc1coc(C2CCCCN2)n1. The maximum absolute atomic E-state index is 5.71. The second kappa shape index (κ2) is 4.77. The van der Waals surface area contributed by atoms with E-state index in [0.717, 1.165) is 31.0 Å². The van der Waals surface area contributed by atoms with E-state index in [1.165, 1.54) is 12.8 Å². The molecule has 0 saturated carbocycles. The number of nitrogens with two attached hydrogens (primary N) is 1. The molecule has 3 N–H and O–H groups in total. The van der Waals surface area contributed by atoms with E-state index in [1.807, 2.05) is 6.92 Å². The van der Waals surface area contributed by atoms with Crippen LogP contribution in [0.25, 0.3) is 0 Å². The molecule has 0 aliphatic carbocycles. The van der Waals surface area contributed by atoms with Crippen molar-refractivity contribution in [2.75, 3.05) is 6.54 Å². The fraction of sp³-hybridized carbons (Fsp3) is 0.727. The molecule has 1 saturated heterocycles. The summed E-state index contributed by atoms with van der Waals surface area (Å²) >= 11 is 0. The van der Waals surface area contributed by atoms with Gasteiger partial charge in [0, 0.05) is 12.5 Å². The largest absolute Gasteiger partial charge is 0.447 e. The summed E-state index contributed by atoms with van der Waals surface area (Å²) in [6, 6.07) is 0.447. The van der Waals surface area contributed by atoms with Gasteiger partial charge in [-0.15, -0.1) is 0 Å². The molecule has 15 heavy (non-hydrogen) atoms. The van der Waals surface area contributed by atoms with Crippen molar-refractivity contribution in [3.8, 4) is 0 Å². The van der Waals surface area contributed by atoms with Crippen molar-refractivity contribution in [3.63, 3.8) is 0 Å². The summed E-state index contributed by atoms with van der Waals surface area (Å²) in [5, 5.41) is 3.41. The van der Waals surface area contributed by atoms with Crippen LogP contribution in [0.1, 0.15) is 43.8 Å². The number of nitrogens with one attached hydrogen (secondary N) is 1. The van der Waals surface area contributed by atoms with E-state index >= 15 is 0 Å². The van der Waals surface area contributed by atoms with Gasteiger partial charge in [0.05, 0.1) is 11.7 Å². The molecule has 0 aromatic carbocycles. The van der Waals surface area contributed by atoms with E-state index in [-0.39, 0.29) is 6.04 Å². The Morgan fingerprint density at radius 3 is 3.20 bits per heavy atom. The fourth-order valence-electron chi connectivity index (χ4n) is 1.97. The highest BCUT2D eigenvalue weighted by Gasteiger charge is 2.19. The molecule has 0 bridgehead atoms. The highest BCUT2D eigenvalue weighted by molar-refractivity contribution is 5.02. The van der Waals surface area contributed by atoms with Crippen LogP contribution < -0.4 is 11.1 Å². The van der Waals surface area contributed by atoms with Gasteiger partial charge in [-0.05, 0) is 26.3 Å². The molecule has 0 radical (unpaired) electrons. The molecule has 2 rings (SSSR count). The quantitative estimate of drug-likeness (QED) is 0.789. The number of hydrogen-bond acceptors (Lipinski definition) is 4. The van der Waals surface area contributed by atoms with Crippen molar-refractivity contribution in [2.24, 2.45) is 5.73 Å². The smallest absolute Gasteiger partial charge is 0.211 e. The van der Waals surface area contributed by atoms with Crippen molar-refractivity contribution in [1.29, 1.82) is 0 Å². The highest BCUT2D eigenvalue weighted by atomic mass is 16.3. The van der Waals surface area contributed by atoms with E-state index < -0.39 is 0 Å². The molecule has 4 nitrogen and oxygen atoms in total. The van der Waals surface area contributed by atoms with E-state index in [2.05, 4.69) is 10.3 Å². The van der Waals surface area contributed by atoms with Crippen LogP contribution in [0, 0.1) is 0 Å². The van der Waals surface area contributed by atoms with Crippen LogP contribution >= 0.6 is 0 Å². The molecule has 2 unspecified atom stereocenters. The second-order valence-corrected chi connectivity index (χ2v) is 4.36. The summed E-state index contributed by atoms with van der Waals surface area (Å²) in [4.78, 5) is 4.46. The Hall–Kier alpha value is -0.870. The lowest BCUT2D eigenvalue weighted by molar-refractivity contribution is 0.338. The van der Waals surface area contributed by atoms with Gasteiger partial charge < -0.3 is 15.5 Å². The van der Waals surface area contributed by atoms with Crippen LogP contribution in [0.4, 0.5) is 0 Å². The van der Waals surface area contributed by atoms with Gasteiger partial charge >= 0.3 is 0 Å². The van der Waals surface area contributed by atoms with Crippen LogP contribution in [0.3, 0.4) is 0 Å². The molecule has 2 atom stereocenters. The number of nitrogens with zero attached hydrogens (tertiary/aromatic N) is 1. The molecule has 1 aromatic heterocycles. The third-order valence-electron chi connectivity index (χ3n) is 2.71. The second-order valence-electron chi connectivity index (χ2n) is 4.36. The summed E-state index contributed by atoms with van der Waals surface area (Å²) in [7, 11) is 0. The topological polar surface area (TPSA) is 64.1 Å². The maximum Gasteiger partial charge on any atom is 0.211 e. The fourth-order valence-corrected chi connectivity index (χ4v) is 1.97. The van der Waals surface area contributed by atoms with Gasteiger partial charge in [0.15, 0.2) is 0 Å². The molecule has 1 aliphatic rings. The zero-order chi connectivity index (χ0) is 10.7. The highest BCUT2D eigenvalue weighted by Crippen LogP contribution is 2.22. The molecule has 84 valence electrons. The minimum absolute atomic E-state index is 0.141. The van der Waals surface area contributed by atoms with Gasteiger partial charge in [-0.2, -0.15) is 0 Å². The summed E-state index contributed by atoms with van der Waals surface area (Å²) in [5.74, 6) is 0.824. The van der Waals surface area contributed by atoms with Gasteiger partial charge in [-0.25, -0.2) is 4.98 Å². The lowest BCUT2D eigenvalue weighted by atomic mass is 10.1. The normalized spacial score (nSPS) is 24.0. The molecular weight excluding hydrogens is 190 g/mol. The number of rotatable bonds is 3. The average molecular weight is 209 g/mol. The van der Waals surface area contributed by atoms with E-state index in [4.69, 9.17) is 10.2 Å². The third kappa shape index (κ3) is 2.79. The van der Waals surface area contributed by atoms with Crippen LogP contribution in [-0.4, -0.2) is 17.6 Å². The van der Waals surface area contributed by atoms with Gasteiger partial charge in [0.1, 0.15) is 6.26 Å². The van der Waals surface area contributed by atoms with Gasteiger partial charge in [-0.3, -0.25) is 0 Å². The molecule has 0 amide bonds. The first-order valence-corrected chi connectivity index (χ1v) is 5.69.